The molecule has 0 aliphatic heterocycles. The lowest BCUT2D eigenvalue weighted by molar-refractivity contribution is -0.859. The summed E-state index contributed by atoms with van der Waals surface area (Å²) in [6, 6.07) is 7.41. The summed E-state index contributed by atoms with van der Waals surface area (Å²) in [5.74, 6) is 0. The second-order valence-corrected chi connectivity index (χ2v) is 7.67. The molecule has 7 nitrogen and oxygen atoms in total. The number of nitrogens with zero attached hydrogens (tertiary/aromatic N) is 4. The van der Waals surface area contributed by atoms with Gasteiger partial charge in [-0.1, -0.05) is 23.7 Å². The number of imidazole rings is 1. The highest BCUT2D eigenvalue weighted by Gasteiger charge is 2.19. The molecular formula is C17H20BrClN5O2+. The van der Waals surface area contributed by atoms with E-state index in [9.17, 15) is 9.59 Å². The van der Waals surface area contributed by atoms with Gasteiger partial charge in [0.15, 0.2) is 15.9 Å². The molecule has 26 heavy (non-hydrogen) atoms. The Kier molecular flexibility index (Phi) is 5.36. The van der Waals surface area contributed by atoms with Crippen LogP contribution < -0.4 is 16.1 Å². The van der Waals surface area contributed by atoms with Crippen LogP contribution in [0.2, 0.25) is 5.02 Å². The van der Waals surface area contributed by atoms with Gasteiger partial charge in [-0.05, 0) is 33.6 Å². The molecule has 1 aromatic carbocycles. The molecule has 0 unspecified atom stereocenters. The number of rotatable bonds is 5. The van der Waals surface area contributed by atoms with Gasteiger partial charge in [-0.3, -0.25) is 13.9 Å². The minimum Gasteiger partial charge on any atom is -0.338 e. The lowest BCUT2D eigenvalue weighted by Crippen LogP contribution is -3.06. The highest BCUT2D eigenvalue weighted by atomic mass is 79.9. The largest absolute Gasteiger partial charge is 0.338 e. The fourth-order valence-electron chi connectivity index (χ4n) is 2.79. The number of nitrogens with one attached hydrogen (secondary N) is 1. The van der Waals surface area contributed by atoms with E-state index in [2.05, 4.69) is 20.9 Å². The van der Waals surface area contributed by atoms with E-state index in [0.29, 0.717) is 40.6 Å². The number of fused-ring (bicyclic) bond motifs is 1. The Morgan fingerprint density at radius 2 is 1.81 bits per heavy atom. The molecule has 3 aromatic rings. The first-order chi connectivity index (χ1) is 12.3. The van der Waals surface area contributed by atoms with Crippen LogP contribution in [0.4, 0.5) is 0 Å². The SMILES string of the molecule is Cn1c(=O)n(CC[NH+](C)C)c(=O)c2c1nc(Br)n2Cc1ccc(Cl)cc1. The Morgan fingerprint density at radius 1 is 1.15 bits per heavy atom. The van der Waals surface area contributed by atoms with Crippen LogP contribution in [-0.2, 0) is 20.1 Å². The smallest absolute Gasteiger partial charge is 0.332 e. The summed E-state index contributed by atoms with van der Waals surface area (Å²) in [6.45, 7) is 1.47. The molecule has 0 radical (unpaired) electrons. The summed E-state index contributed by atoms with van der Waals surface area (Å²) in [6.07, 6.45) is 0. The van der Waals surface area contributed by atoms with E-state index in [0.717, 1.165) is 10.5 Å². The molecule has 0 atom stereocenters. The fourth-order valence-corrected chi connectivity index (χ4v) is 3.39. The van der Waals surface area contributed by atoms with Crippen molar-refractivity contribution in [2.24, 2.45) is 7.05 Å². The molecule has 0 spiro atoms. The van der Waals surface area contributed by atoms with E-state index in [1.165, 1.54) is 9.13 Å². The molecule has 0 saturated heterocycles. The van der Waals surface area contributed by atoms with Gasteiger partial charge in [-0.25, -0.2) is 9.78 Å². The molecule has 0 bridgehead atoms. The molecule has 9 heteroatoms. The summed E-state index contributed by atoms with van der Waals surface area (Å²) < 4.78 is 4.98. The van der Waals surface area contributed by atoms with Crippen molar-refractivity contribution in [1.82, 2.24) is 18.7 Å². The molecule has 0 aliphatic rings. The Morgan fingerprint density at radius 3 is 2.42 bits per heavy atom. The van der Waals surface area contributed by atoms with Crippen LogP contribution in [-0.4, -0.2) is 39.3 Å². The highest BCUT2D eigenvalue weighted by molar-refractivity contribution is 9.10. The zero-order chi connectivity index (χ0) is 19.0. The number of halogens is 2. The summed E-state index contributed by atoms with van der Waals surface area (Å²) in [5.41, 5.74) is 1.08. The summed E-state index contributed by atoms with van der Waals surface area (Å²) >= 11 is 9.36. The van der Waals surface area contributed by atoms with Crippen LogP contribution in [0.3, 0.4) is 0 Å². The van der Waals surface area contributed by atoms with Gasteiger partial charge in [-0.2, -0.15) is 0 Å². The van der Waals surface area contributed by atoms with Crippen molar-refractivity contribution in [3.05, 3.63) is 60.4 Å². The van der Waals surface area contributed by atoms with E-state index in [4.69, 9.17) is 11.6 Å². The Balaban J connectivity index is 2.17. The van der Waals surface area contributed by atoms with E-state index in [-0.39, 0.29) is 11.2 Å². The highest BCUT2D eigenvalue weighted by Crippen LogP contribution is 2.19. The maximum Gasteiger partial charge on any atom is 0.332 e. The van der Waals surface area contributed by atoms with Gasteiger partial charge >= 0.3 is 5.69 Å². The number of aryl methyl sites for hydroxylation is 1. The number of quaternary nitrogens is 1. The molecule has 0 saturated carbocycles. The molecule has 2 heterocycles. The minimum absolute atomic E-state index is 0.323. The fraction of sp³-hybridized carbons (Fsp3) is 0.353. The summed E-state index contributed by atoms with van der Waals surface area (Å²) in [5, 5.41) is 0.652. The number of hydrogen-bond acceptors (Lipinski definition) is 3. The zero-order valence-corrected chi connectivity index (χ0v) is 17.1. The monoisotopic (exact) mass is 440 g/mol. The van der Waals surface area contributed by atoms with Crippen LogP contribution in [0.1, 0.15) is 5.56 Å². The third kappa shape index (κ3) is 3.49. The topological polar surface area (TPSA) is 66.3 Å². The van der Waals surface area contributed by atoms with Gasteiger partial charge < -0.3 is 9.47 Å². The average Bonchev–Trinajstić information content (AvgIpc) is 2.91. The van der Waals surface area contributed by atoms with E-state index < -0.39 is 0 Å². The molecule has 3 rings (SSSR count). The Labute approximate surface area is 163 Å². The van der Waals surface area contributed by atoms with E-state index in [1.54, 1.807) is 23.7 Å². The van der Waals surface area contributed by atoms with Crippen LogP contribution in [0.25, 0.3) is 11.2 Å². The first-order valence-corrected chi connectivity index (χ1v) is 9.35. The first kappa shape index (κ1) is 18.9. The van der Waals surface area contributed by atoms with Gasteiger partial charge in [0.25, 0.3) is 5.56 Å². The van der Waals surface area contributed by atoms with Crippen LogP contribution in [0.5, 0.6) is 0 Å². The standard InChI is InChI=1S/C17H19BrClN5O2/c1-21(2)8-9-23-15(25)13-14(22(3)17(23)26)20-16(18)24(13)10-11-4-6-12(19)7-5-11/h4-7H,8-10H2,1-3H3/p+1. The van der Waals surface area contributed by atoms with Gasteiger partial charge in [0.1, 0.15) is 0 Å². The van der Waals surface area contributed by atoms with Crippen molar-refractivity contribution < 1.29 is 4.90 Å². The second kappa shape index (κ2) is 7.38. The van der Waals surface area contributed by atoms with Crippen LogP contribution in [0, 0.1) is 0 Å². The molecule has 138 valence electrons. The summed E-state index contributed by atoms with van der Waals surface area (Å²) in [4.78, 5) is 31.1. The minimum atomic E-state index is -0.354. The van der Waals surface area contributed by atoms with Crippen molar-refractivity contribution in [1.29, 1.82) is 0 Å². The third-order valence-corrected chi connectivity index (χ3v) is 5.13. The third-order valence-electron chi connectivity index (χ3n) is 4.28. The van der Waals surface area contributed by atoms with Crippen molar-refractivity contribution in [2.45, 2.75) is 13.1 Å². The maximum absolute atomic E-state index is 13.0. The normalized spacial score (nSPS) is 11.6. The predicted octanol–water partition coefficient (Wildman–Crippen LogP) is 0.505. The molecular weight excluding hydrogens is 422 g/mol. The van der Waals surface area contributed by atoms with E-state index in [1.807, 2.05) is 26.2 Å². The molecule has 2 aromatic heterocycles. The molecule has 0 fully saturated rings. The lowest BCUT2D eigenvalue weighted by atomic mass is 10.2. The average molecular weight is 442 g/mol. The number of likely N-dealkylation sites (N-methyl/N-ethyl adjacent to an activating group) is 1. The van der Waals surface area contributed by atoms with Crippen LogP contribution >= 0.6 is 27.5 Å². The van der Waals surface area contributed by atoms with Crippen molar-refractivity contribution >= 4 is 38.7 Å². The van der Waals surface area contributed by atoms with Gasteiger partial charge in [0.05, 0.1) is 33.7 Å². The molecule has 0 amide bonds. The lowest BCUT2D eigenvalue weighted by Gasteiger charge is -2.11. The number of hydrogen-bond donors (Lipinski definition) is 1. The Bertz CT molecular complexity index is 1070. The van der Waals surface area contributed by atoms with Crippen molar-refractivity contribution in [2.75, 3.05) is 20.6 Å². The Hall–Kier alpha value is -1.90. The van der Waals surface area contributed by atoms with Crippen molar-refractivity contribution in [3.8, 4) is 0 Å². The van der Waals surface area contributed by atoms with Crippen LogP contribution in [0.15, 0.2) is 38.6 Å². The second-order valence-electron chi connectivity index (χ2n) is 6.52. The first-order valence-electron chi connectivity index (χ1n) is 8.18. The van der Waals surface area contributed by atoms with E-state index >= 15 is 0 Å². The quantitative estimate of drug-likeness (QED) is 0.587. The van der Waals surface area contributed by atoms with Crippen molar-refractivity contribution in [3.63, 3.8) is 0 Å². The summed E-state index contributed by atoms with van der Waals surface area (Å²) in [7, 11) is 5.60. The maximum atomic E-state index is 13.0. The van der Waals surface area contributed by atoms with Gasteiger partial charge in [-0.15, -0.1) is 0 Å². The van der Waals surface area contributed by atoms with Gasteiger partial charge in [0, 0.05) is 12.1 Å². The zero-order valence-electron chi connectivity index (χ0n) is 14.8. The molecule has 0 aliphatic carbocycles. The number of aromatic nitrogens is 4. The predicted molar refractivity (Wildman–Crippen MR) is 105 cm³/mol. The van der Waals surface area contributed by atoms with Gasteiger partial charge in [0.2, 0.25) is 0 Å². The molecule has 1 N–H and O–H groups in total. The number of benzene rings is 1.